The average Bonchev–Trinajstić information content (AvgIpc) is 2.63. The Morgan fingerprint density at radius 2 is 1.74 bits per heavy atom. The van der Waals surface area contributed by atoms with Gasteiger partial charge in [-0.15, -0.1) is 0 Å². The van der Waals surface area contributed by atoms with Crippen LogP contribution < -0.4 is 9.04 Å². The fraction of sp³-hybridized carbons (Fsp3) is 0.278. The number of methoxy groups -OCH3 is 2. The number of hydrogen-bond donors (Lipinski definition) is 0. The van der Waals surface area contributed by atoms with Gasteiger partial charge in [0, 0.05) is 0 Å². The minimum absolute atomic E-state index is 0.0285. The summed E-state index contributed by atoms with van der Waals surface area (Å²) < 4.78 is 37.4. The SMILES string of the molecule is COC(=O)CN(c1cc(C)ccc1C)S(=O)(=O)c1ccc(OC)c(Cl)c1Cl. The molecule has 0 aromatic heterocycles. The zero-order chi connectivity index (χ0) is 20.4. The van der Waals surface area contributed by atoms with Crippen LogP contribution in [-0.4, -0.2) is 35.2 Å². The molecule has 2 aromatic rings. The van der Waals surface area contributed by atoms with E-state index in [1.807, 2.05) is 13.0 Å². The van der Waals surface area contributed by atoms with Crippen LogP contribution >= 0.6 is 23.2 Å². The molecule has 0 aliphatic carbocycles. The van der Waals surface area contributed by atoms with Crippen LogP contribution in [0, 0.1) is 13.8 Å². The molecule has 9 heteroatoms. The van der Waals surface area contributed by atoms with Gasteiger partial charge < -0.3 is 9.47 Å². The lowest BCUT2D eigenvalue weighted by molar-refractivity contribution is -0.138. The van der Waals surface area contributed by atoms with Gasteiger partial charge in [-0.05, 0) is 43.2 Å². The number of esters is 1. The summed E-state index contributed by atoms with van der Waals surface area (Å²) in [7, 11) is -1.63. The number of hydrogen-bond acceptors (Lipinski definition) is 5. The van der Waals surface area contributed by atoms with Crippen molar-refractivity contribution in [1.29, 1.82) is 0 Å². The molecule has 2 rings (SSSR count). The number of carbonyl (C=O) groups is 1. The molecule has 0 bridgehead atoms. The lowest BCUT2D eigenvalue weighted by atomic mass is 10.1. The van der Waals surface area contributed by atoms with Gasteiger partial charge in [0.25, 0.3) is 10.0 Å². The van der Waals surface area contributed by atoms with E-state index in [1.54, 1.807) is 19.1 Å². The Bertz CT molecular complexity index is 976. The molecule has 0 unspecified atom stereocenters. The quantitative estimate of drug-likeness (QED) is 0.646. The maximum Gasteiger partial charge on any atom is 0.326 e. The van der Waals surface area contributed by atoms with Gasteiger partial charge in [0.05, 0.1) is 24.9 Å². The van der Waals surface area contributed by atoms with Crippen LogP contribution in [0.3, 0.4) is 0 Å². The van der Waals surface area contributed by atoms with Crippen LogP contribution in [-0.2, 0) is 19.6 Å². The molecule has 0 spiro atoms. The molecule has 146 valence electrons. The normalized spacial score (nSPS) is 11.2. The first-order chi connectivity index (χ1) is 12.6. The molecule has 0 aliphatic rings. The van der Waals surface area contributed by atoms with E-state index in [0.29, 0.717) is 11.3 Å². The van der Waals surface area contributed by atoms with E-state index in [9.17, 15) is 13.2 Å². The van der Waals surface area contributed by atoms with Gasteiger partial charge in [0.1, 0.15) is 22.2 Å². The third-order valence-corrected chi connectivity index (χ3v) is 6.71. The molecule has 0 amide bonds. The highest BCUT2D eigenvalue weighted by atomic mass is 35.5. The number of halogens is 2. The largest absolute Gasteiger partial charge is 0.495 e. The van der Waals surface area contributed by atoms with Crippen molar-refractivity contribution in [3.05, 3.63) is 51.5 Å². The van der Waals surface area contributed by atoms with Crippen LogP contribution in [0.5, 0.6) is 5.75 Å². The molecule has 0 saturated carbocycles. The predicted octanol–water partition coefficient (Wildman–Crippen LogP) is 3.99. The van der Waals surface area contributed by atoms with E-state index in [1.165, 1.54) is 26.4 Å². The van der Waals surface area contributed by atoms with Crippen molar-refractivity contribution in [2.75, 3.05) is 25.1 Å². The minimum atomic E-state index is -4.22. The number of nitrogens with zero attached hydrogens (tertiary/aromatic N) is 1. The summed E-state index contributed by atoms with van der Waals surface area (Å²) in [6, 6.07) is 7.99. The van der Waals surface area contributed by atoms with Gasteiger partial charge in [-0.3, -0.25) is 9.10 Å². The number of anilines is 1. The van der Waals surface area contributed by atoms with Crippen LogP contribution in [0.4, 0.5) is 5.69 Å². The van der Waals surface area contributed by atoms with E-state index < -0.39 is 22.5 Å². The summed E-state index contributed by atoms with van der Waals surface area (Å²) >= 11 is 12.3. The fourth-order valence-electron chi connectivity index (χ4n) is 2.46. The zero-order valence-corrected chi connectivity index (χ0v) is 17.6. The van der Waals surface area contributed by atoms with Crippen molar-refractivity contribution in [3.63, 3.8) is 0 Å². The topological polar surface area (TPSA) is 72.9 Å². The standard InChI is InChI=1S/C18H19Cl2NO5S/c1-11-5-6-12(2)13(9-11)21(10-16(22)26-4)27(23,24)15-8-7-14(25-3)17(19)18(15)20/h5-9H,10H2,1-4H3. The Kier molecular flexibility index (Phi) is 6.62. The molecule has 0 saturated heterocycles. The van der Waals surface area contributed by atoms with Crippen molar-refractivity contribution < 1.29 is 22.7 Å². The molecule has 2 aromatic carbocycles. The van der Waals surface area contributed by atoms with Gasteiger partial charge in [0.2, 0.25) is 0 Å². The summed E-state index contributed by atoms with van der Waals surface area (Å²) in [6.45, 7) is 3.06. The van der Waals surface area contributed by atoms with E-state index in [4.69, 9.17) is 27.9 Å². The zero-order valence-electron chi connectivity index (χ0n) is 15.2. The number of sulfonamides is 1. The van der Waals surface area contributed by atoms with Crippen molar-refractivity contribution in [2.45, 2.75) is 18.7 Å². The monoisotopic (exact) mass is 431 g/mol. The molecule has 6 nitrogen and oxygen atoms in total. The van der Waals surface area contributed by atoms with E-state index >= 15 is 0 Å². The Balaban J connectivity index is 2.69. The lowest BCUT2D eigenvalue weighted by Crippen LogP contribution is -2.37. The Morgan fingerprint density at radius 3 is 2.33 bits per heavy atom. The molecule has 0 radical (unpaired) electrons. The maximum absolute atomic E-state index is 13.4. The number of ether oxygens (including phenoxy) is 2. The molecule has 0 N–H and O–H groups in total. The number of rotatable bonds is 6. The lowest BCUT2D eigenvalue weighted by Gasteiger charge is -2.26. The highest BCUT2D eigenvalue weighted by molar-refractivity contribution is 7.93. The summed E-state index contributed by atoms with van der Waals surface area (Å²) in [5.74, 6) is -0.470. The third-order valence-electron chi connectivity index (χ3n) is 3.93. The second-order valence-electron chi connectivity index (χ2n) is 5.77. The molecule has 0 aliphatic heterocycles. The first-order valence-corrected chi connectivity index (χ1v) is 10.0. The number of benzene rings is 2. The van der Waals surface area contributed by atoms with Crippen LogP contribution in [0.1, 0.15) is 11.1 Å². The van der Waals surface area contributed by atoms with E-state index in [-0.39, 0.29) is 20.7 Å². The highest BCUT2D eigenvalue weighted by Gasteiger charge is 2.32. The predicted molar refractivity (Wildman–Crippen MR) is 105 cm³/mol. The maximum atomic E-state index is 13.4. The fourth-order valence-corrected chi connectivity index (χ4v) is 4.74. The van der Waals surface area contributed by atoms with Crippen molar-refractivity contribution >= 4 is 44.9 Å². The van der Waals surface area contributed by atoms with Gasteiger partial charge in [0.15, 0.2) is 0 Å². The Morgan fingerprint density at radius 1 is 1.07 bits per heavy atom. The van der Waals surface area contributed by atoms with E-state index in [2.05, 4.69) is 4.74 Å². The third kappa shape index (κ3) is 4.31. The first-order valence-electron chi connectivity index (χ1n) is 7.82. The van der Waals surface area contributed by atoms with E-state index in [0.717, 1.165) is 9.87 Å². The number of aryl methyl sites for hydroxylation is 2. The molecule has 0 fully saturated rings. The summed E-state index contributed by atoms with van der Waals surface area (Å²) in [5.41, 5.74) is 1.85. The summed E-state index contributed by atoms with van der Waals surface area (Å²) in [4.78, 5) is 11.7. The van der Waals surface area contributed by atoms with Crippen LogP contribution in [0.25, 0.3) is 0 Å². The van der Waals surface area contributed by atoms with Gasteiger partial charge in [-0.2, -0.15) is 0 Å². The summed E-state index contributed by atoms with van der Waals surface area (Å²) in [6.07, 6.45) is 0. The second kappa shape index (κ2) is 8.37. The molecule has 0 heterocycles. The molecule has 27 heavy (non-hydrogen) atoms. The number of carbonyl (C=O) groups excluding carboxylic acids is 1. The average molecular weight is 432 g/mol. The highest BCUT2D eigenvalue weighted by Crippen LogP contribution is 2.39. The molecule has 0 atom stereocenters. The van der Waals surface area contributed by atoms with Gasteiger partial charge in [-0.25, -0.2) is 8.42 Å². The smallest absolute Gasteiger partial charge is 0.326 e. The van der Waals surface area contributed by atoms with Crippen molar-refractivity contribution in [1.82, 2.24) is 0 Å². The van der Waals surface area contributed by atoms with Crippen LogP contribution in [0.2, 0.25) is 10.0 Å². The second-order valence-corrected chi connectivity index (χ2v) is 8.36. The van der Waals surface area contributed by atoms with Crippen molar-refractivity contribution in [3.8, 4) is 5.75 Å². The van der Waals surface area contributed by atoms with Crippen LogP contribution in [0.15, 0.2) is 35.2 Å². The minimum Gasteiger partial charge on any atom is -0.495 e. The Labute approximate surface area is 168 Å². The van der Waals surface area contributed by atoms with Gasteiger partial charge >= 0.3 is 5.97 Å². The van der Waals surface area contributed by atoms with Gasteiger partial charge in [-0.1, -0.05) is 35.3 Å². The molecular weight excluding hydrogens is 413 g/mol. The molecular formula is C18H19Cl2NO5S. The first kappa shape index (κ1) is 21.3. The Hall–Kier alpha value is -1.96. The van der Waals surface area contributed by atoms with Crippen molar-refractivity contribution in [2.24, 2.45) is 0 Å². The summed E-state index contributed by atoms with van der Waals surface area (Å²) in [5, 5.41) is -0.213.